The number of hydrogen-bond donors (Lipinski definition) is 2. The molecule has 3 aromatic rings. The third-order valence-corrected chi connectivity index (χ3v) is 3.61. The monoisotopic (exact) mass is 326 g/mol. The van der Waals surface area contributed by atoms with Crippen molar-refractivity contribution in [1.82, 2.24) is 20.2 Å². The van der Waals surface area contributed by atoms with Crippen LogP contribution in [0, 0.1) is 6.92 Å². The first-order chi connectivity index (χ1) is 11.2. The van der Waals surface area contributed by atoms with E-state index in [1.54, 1.807) is 18.6 Å². The molecule has 2 heterocycles. The van der Waals surface area contributed by atoms with E-state index in [1.807, 2.05) is 37.3 Å². The van der Waals surface area contributed by atoms with E-state index in [9.17, 15) is 0 Å². The largest absolute Gasteiger partial charge is 0.349 e. The third kappa shape index (κ3) is 4.14. The molecular weight excluding hydrogens is 312 g/mol. The molecule has 0 saturated heterocycles. The number of rotatable bonds is 5. The fraction of sp³-hybridized carbons (Fsp3) is 0.125. The lowest BCUT2D eigenvalue weighted by Crippen LogP contribution is -2.06. The van der Waals surface area contributed by atoms with Gasteiger partial charge in [-0.1, -0.05) is 17.7 Å². The Balaban J connectivity index is 1.68. The van der Waals surface area contributed by atoms with Gasteiger partial charge in [0.05, 0.1) is 6.20 Å². The van der Waals surface area contributed by atoms with Gasteiger partial charge < -0.3 is 10.6 Å². The number of halogens is 1. The highest BCUT2D eigenvalue weighted by Crippen LogP contribution is 2.22. The molecule has 0 aliphatic heterocycles. The van der Waals surface area contributed by atoms with Crippen LogP contribution in [0.1, 0.15) is 11.1 Å². The molecule has 2 N–H and O–H groups in total. The molecular formula is C16H15ClN6. The Labute approximate surface area is 139 Å². The van der Waals surface area contributed by atoms with Crippen LogP contribution in [-0.2, 0) is 6.54 Å². The van der Waals surface area contributed by atoms with Gasteiger partial charge in [-0.2, -0.15) is 10.1 Å². The standard InChI is InChI=1S/C16H15ClN6/c1-11-2-3-13(8-14(11)17)21-15-10-20-23-16(22-15)19-9-12-4-6-18-7-5-12/h2-8,10H,9H2,1H3,(H2,19,21,22,23). The molecule has 0 spiro atoms. The lowest BCUT2D eigenvalue weighted by Gasteiger charge is -2.08. The predicted octanol–water partition coefficient (Wildman–Crippen LogP) is 3.58. The van der Waals surface area contributed by atoms with Crippen molar-refractivity contribution in [2.45, 2.75) is 13.5 Å². The summed E-state index contributed by atoms with van der Waals surface area (Å²) in [6.07, 6.45) is 5.05. The lowest BCUT2D eigenvalue weighted by molar-refractivity contribution is 0.948. The first kappa shape index (κ1) is 15.2. The molecule has 2 aromatic heterocycles. The summed E-state index contributed by atoms with van der Waals surface area (Å²) < 4.78 is 0. The average molecular weight is 327 g/mol. The molecule has 0 fully saturated rings. The van der Waals surface area contributed by atoms with Crippen molar-refractivity contribution in [3.63, 3.8) is 0 Å². The van der Waals surface area contributed by atoms with E-state index in [-0.39, 0.29) is 0 Å². The zero-order valence-electron chi connectivity index (χ0n) is 12.5. The lowest BCUT2D eigenvalue weighted by atomic mass is 10.2. The summed E-state index contributed by atoms with van der Waals surface area (Å²) in [5.41, 5.74) is 2.96. The van der Waals surface area contributed by atoms with Gasteiger partial charge in [-0.15, -0.1) is 5.10 Å². The van der Waals surface area contributed by atoms with Crippen molar-refractivity contribution in [2.75, 3.05) is 10.6 Å². The zero-order valence-corrected chi connectivity index (χ0v) is 13.2. The normalized spacial score (nSPS) is 10.3. The Bertz CT molecular complexity index is 794. The van der Waals surface area contributed by atoms with Gasteiger partial charge in [0.15, 0.2) is 5.82 Å². The van der Waals surface area contributed by atoms with Crippen molar-refractivity contribution in [3.05, 3.63) is 65.1 Å². The molecule has 3 rings (SSSR count). The van der Waals surface area contributed by atoms with E-state index in [4.69, 9.17) is 11.6 Å². The fourth-order valence-electron chi connectivity index (χ4n) is 1.94. The van der Waals surface area contributed by atoms with Gasteiger partial charge in [-0.3, -0.25) is 4.98 Å². The van der Waals surface area contributed by atoms with Crippen LogP contribution >= 0.6 is 11.6 Å². The van der Waals surface area contributed by atoms with Crippen molar-refractivity contribution in [1.29, 1.82) is 0 Å². The smallest absolute Gasteiger partial charge is 0.244 e. The van der Waals surface area contributed by atoms with Crippen molar-refractivity contribution < 1.29 is 0 Å². The number of aromatic nitrogens is 4. The molecule has 1 aromatic carbocycles. The van der Waals surface area contributed by atoms with Gasteiger partial charge in [-0.05, 0) is 42.3 Å². The molecule has 23 heavy (non-hydrogen) atoms. The van der Waals surface area contributed by atoms with Crippen LogP contribution in [0.15, 0.2) is 48.9 Å². The van der Waals surface area contributed by atoms with Crippen molar-refractivity contribution in [3.8, 4) is 0 Å². The second-order valence-corrected chi connectivity index (χ2v) is 5.37. The minimum absolute atomic E-state index is 0.449. The summed E-state index contributed by atoms with van der Waals surface area (Å²) in [4.78, 5) is 8.36. The van der Waals surface area contributed by atoms with Crippen LogP contribution in [-0.4, -0.2) is 20.2 Å². The van der Waals surface area contributed by atoms with Crippen LogP contribution in [0.2, 0.25) is 5.02 Å². The van der Waals surface area contributed by atoms with Crippen molar-refractivity contribution >= 4 is 29.1 Å². The number of nitrogens with zero attached hydrogens (tertiary/aromatic N) is 4. The van der Waals surface area contributed by atoms with Gasteiger partial charge >= 0.3 is 0 Å². The molecule has 0 atom stereocenters. The molecule has 0 saturated carbocycles. The van der Waals surface area contributed by atoms with Crippen LogP contribution in [0.25, 0.3) is 0 Å². The second-order valence-electron chi connectivity index (χ2n) is 4.96. The summed E-state index contributed by atoms with van der Waals surface area (Å²) in [6.45, 7) is 2.56. The summed E-state index contributed by atoms with van der Waals surface area (Å²) in [5, 5.41) is 14.9. The Morgan fingerprint density at radius 1 is 1.13 bits per heavy atom. The molecule has 0 aliphatic rings. The van der Waals surface area contributed by atoms with E-state index >= 15 is 0 Å². The maximum atomic E-state index is 6.12. The van der Waals surface area contributed by atoms with E-state index in [0.717, 1.165) is 16.8 Å². The third-order valence-electron chi connectivity index (χ3n) is 3.20. The Kier molecular flexibility index (Phi) is 4.63. The number of pyridine rings is 1. The highest BCUT2D eigenvalue weighted by Gasteiger charge is 2.03. The summed E-state index contributed by atoms with van der Waals surface area (Å²) in [6, 6.07) is 9.59. The molecule has 0 amide bonds. The maximum Gasteiger partial charge on any atom is 0.244 e. The quantitative estimate of drug-likeness (QED) is 0.746. The number of anilines is 3. The SMILES string of the molecule is Cc1ccc(Nc2cnnc(NCc3ccncc3)n2)cc1Cl. The average Bonchev–Trinajstić information content (AvgIpc) is 2.58. The van der Waals surface area contributed by atoms with Crippen LogP contribution in [0.4, 0.5) is 17.5 Å². The second kappa shape index (κ2) is 7.02. The first-order valence-electron chi connectivity index (χ1n) is 7.06. The van der Waals surface area contributed by atoms with Gasteiger partial charge in [-0.25, -0.2) is 0 Å². The zero-order chi connectivity index (χ0) is 16.1. The summed E-state index contributed by atoms with van der Waals surface area (Å²) in [5.74, 6) is 1.04. The first-order valence-corrected chi connectivity index (χ1v) is 7.44. The fourth-order valence-corrected chi connectivity index (χ4v) is 2.12. The molecule has 7 heteroatoms. The van der Waals surface area contributed by atoms with Crippen LogP contribution in [0.3, 0.4) is 0 Å². The van der Waals surface area contributed by atoms with Gasteiger partial charge in [0.1, 0.15) is 0 Å². The van der Waals surface area contributed by atoms with Gasteiger partial charge in [0.25, 0.3) is 0 Å². The highest BCUT2D eigenvalue weighted by molar-refractivity contribution is 6.31. The molecule has 0 unspecified atom stereocenters. The minimum atomic E-state index is 0.449. The maximum absolute atomic E-state index is 6.12. The molecule has 0 radical (unpaired) electrons. The summed E-state index contributed by atoms with van der Waals surface area (Å²) >= 11 is 6.12. The Morgan fingerprint density at radius 3 is 2.74 bits per heavy atom. The van der Waals surface area contributed by atoms with E-state index in [0.29, 0.717) is 23.3 Å². The van der Waals surface area contributed by atoms with E-state index in [2.05, 4.69) is 30.8 Å². The highest BCUT2D eigenvalue weighted by atomic mass is 35.5. The molecule has 6 nitrogen and oxygen atoms in total. The molecule has 0 aliphatic carbocycles. The van der Waals surface area contributed by atoms with Gasteiger partial charge in [0, 0.05) is 29.6 Å². The Hall–Kier alpha value is -2.73. The van der Waals surface area contributed by atoms with Crippen molar-refractivity contribution in [2.24, 2.45) is 0 Å². The topological polar surface area (TPSA) is 75.6 Å². The number of hydrogen-bond acceptors (Lipinski definition) is 6. The molecule has 0 bridgehead atoms. The summed E-state index contributed by atoms with van der Waals surface area (Å²) in [7, 11) is 0. The molecule has 116 valence electrons. The predicted molar refractivity (Wildman–Crippen MR) is 90.9 cm³/mol. The Morgan fingerprint density at radius 2 is 1.96 bits per heavy atom. The van der Waals surface area contributed by atoms with Crippen LogP contribution < -0.4 is 10.6 Å². The van der Waals surface area contributed by atoms with Crippen LogP contribution in [0.5, 0.6) is 0 Å². The number of benzene rings is 1. The minimum Gasteiger partial charge on any atom is -0.349 e. The number of nitrogens with one attached hydrogen (secondary N) is 2. The van der Waals surface area contributed by atoms with Gasteiger partial charge in [0.2, 0.25) is 5.95 Å². The number of aryl methyl sites for hydroxylation is 1. The van der Waals surface area contributed by atoms with E-state index in [1.165, 1.54) is 0 Å². The van der Waals surface area contributed by atoms with E-state index < -0.39 is 0 Å².